The van der Waals surface area contributed by atoms with E-state index in [2.05, 4.69) is 18.7 Å². The van der Waals surface area contributed by atoms with E-state index in [1.807, 2.05) is 6.92 Å². The quantitative estimate of drug-likeness (QED) is 0.905. The lowest BCUT2D eigenvalue weighted by molar-refractivity contribution is 0.00327. The molecule has 106 valence electrons. The van der Waals surface area contributed by atoms with E-state index in [1.54, 1.807) is 12.1 Å². The summed E-state index contributed by atoms with van der Waals surface area (Å²) in [7, 11) is 0. The lowest BCUT2D eigenvalue weighted by Gasteiger charge is -2.39. The molecule has 1 heterocycles. The Labute approximate surface area is 115 Å². The highest BCUT2D eigenvalue weighted by atomic mass is 19.1. The zero-order chi connectivity index (χ0) is 14.0. The number of likely N-dealkylation sites (tertiary alicyclic amines) is 1. The maximum Gasteiger partial charge on any atom is 0.123 e. The highest BCUT2D eigenvalue weighted by Crippen LogP contribution is 2.27. The first-order chi connectivity index (χ1) is 8.91. The van der Waals surface area contributed by atoms with Crippen LogP contribution in [0.25, 0.3) is 0 Å². The van der Waals surface area contributed by atoms with Crippen molar-refractivity contribution in [3.8, 4) is 0 Å². The number of hydrogen-bond acceptors (Lipinski definition) is 2. The molecule has 1 atom stereocenters. The molecule has 1 aliphatic rings. The van der Waals surface area contributed by atoms with Gasteiger partial charge in [-0.05, 0) is 70.0 Å². The molecule has 1 aromatic carbocycles. The lowest BCUT2D eigenvalue weighted by atomic mass is 9.89. The standard InChI is InChI=1S/C16H24FNO/c1-12-6-7-14(17)10-13(12)11-15(19)16(2,3)18-8-4-5-9-18/h6-7,10,15,19H,4-5,8-9,11H2,1-3H3. The van der Waals surface area contributed by atoms with Crippen LogP contribution in [0, 0.1) is 12.7 Å². The molecule has 3 heteroatoms. The van der Waals surface area contributed by atoms with Gasteiger partial charge in [-0.15, -0.1) is 0 Å². The van der Waals surface area contributed by atoms with E-state index >= 15 is 0 Å². The summed E-state index contributed by atoms with van der Waals surface area (Å²) in [6, 6.07) is 4.79. The van der Waals surface area contributed by atoms with Crippen molar-refractivity contribution in [3.63, 3.8) is 0 Å². The van der Waals surface area contributed by atoms with Gasteiger partial charge in [-0.3, -0.25) is 4.90 Å². The maximum atomic E-state index is 13.3. The highest BCUT2D eigenvalue weighted by Gasteiger charge is 2.35. The van der Waals surface area contributed by atoms with Crippen molar-refractivity contribution in [1.29, 1.82) is 0 Å². The molecule has 0 spiro atoms. The van der Waals surface area contributed by atoms with Crippen molar-refractivity contribution in [3.05, 3.63) is 35.1 Å². The first-order valence-corrected chi connectivity index (χ1v) is 7.09. The second-order valence-electron chi connectivity index (χ2n) is 6.14. The molecule has 1 N–H and O–H groups in total. The van der Waals surface area contributed by atoms with E-state index in [9.17, 15) is 9.50 Å². The molecule has 0 amide bonds. The molecule has 1 fully saturated rings. The van der Waals surface area contributed by atoms with Crippen molar-refractivity contribution < 1.29 is 9.50 Å². The smallest absolute Gasteiger partial charge is 0.123 e. The number of hydrogen-bond donors (Lipinski definition) is 1. The van der Waals surface area contributed by atoms with Crippen LogP contribution in [-0.4, -0.2) is 34.7 Å². The summed E-state index contributed by atoms with van der Waals surface area (Å²) in [5, 5.41) is 10.5. The summed E-state index contributed by atoms with van der Waals surface area (Å²) < 4.78 is 13.3. The molecule has 2 rings (SSSR count). The fourth-order valence-corrected chi connectivity index (χ4v) is 2.82. The van der Waals surface area contributed by atoms with Gasteiger partial charge in [-0.2, -0.15) is 0 Å². The van der Waals surface area contributed by atoms with Gasteiger partial charge >= 0.3 is 0 Å². The number of aliphatic hydroxyl groups is 1. The third-order valence-corrected chi connectivity index (χ3v) is 4.46. The van der Waals surface area contributed by atoms with Crippen LogP contribution in [0.2, 0.25) is 0 Å². The van der Waals surface area contributed by atoms with Gasteiger partial charge in [0.05, 0.1) is 6.10 Å². The van der Waals surface area contributed by atoms with Crippen LogP contribution >= 0.6 is 0 Å². The van der Waals surface area contributed by atoms with E-state index < -0.39 is 6.10 Å². The third-order valence-electron chi connectivity index (χ3n) is 4.46. The van der Waals surface area contributed by atoms with Crippen LogP contribution in [0.4, 0.5) is 4.39 Å². The second-order valence-corrected chi connectivity index (χ2v) is 6.14. The maximum absolute atomic E-state index is 13.3. The highest BCUT2D eigenvalue weighted by molar-refractivity contribution is 5.27. The average Bonchev–Trinajstić information content (AvgIpc) is 2.88. The number of rotatable bonds is 4. The van der Waals surface area contributed by atoms with Gasteiger partial charge in [0.25, 0.3) is 0 Å². The number of nitrogens with zero attached hydrogens (tertiary/aromatic N) is 1. The summed E-state index contributed by atoms with van der Waals surface area (Å²) in [6.07, 6.45) is 2.43. The molecule has 19 heavy (non-hydrogen) atoms. The molecule has 0 bridgehead atoms. The first-order valence-electron chi connectivity index (χ1n) is 7.09. The van der Waals surface area contributed by atoms with Crippen molar-refractivity contribution in [2.24, 2.45) is 0 Å². The largest absolute Gasteiger partial charge is 0.391 e. The van der Waals surface area contributed by atoms with Gasteiger partial charge < -0.3 is 5.11 Å². The number of halogens is 1. The van der Waals surface area contributed by atoms with Gasteiger partial charge in [-0.25, -0.2) is 4.39 Å². The minimum atomic E-state index is -0.480. The van der Waals surface area contributed by atoms with Crippen LogP contribution < -0.4 is 0 Å². The van der Waals surface area contributed by atoms with Crippen LogP contribution in [0.5, 0.6) is 0 Å². The number of aryl methyl sites for hydroxylation is 1. The molecule has 0 aliphatic carbocycles. The van der Waals surface area contributed by atoms with E-state index in [0.29, 0.717) is 6.42 Å². The zero-order valence-electron chi connectivity index (χ0n) is 12.1. The normalized spacial score (nSPS) is 18.8. The van der Waals surface area contributed by atoms with Gasteiger partial charge in [0.2, 0.25) is 0 Å². The molecular formula is C16H24FNO. The molecule has 0 radical (unpaired) electrons. The summed E-state index contributed by atoms with van der Waals surface area (Å²) >= 11 is 0. The Hall–Kier alpha value is -0.930. The minimum Gasteiger partial charge on any atom is -0.391 e. The van der Waals surface area contributed by atoms with Crippen molar-refractivity contribution >= 4 is 0 Å². The lowest BCUT2D eigenvalue weighted by Crippen LogP contribution is -2.52. The first kappa shape index (κ1) is 14.5. The summed E-state index contributed by atoms with van der Waals surface area (Å²) in [4.78, 5) is 2.34. The van der Waals surface area contributed by atoms with Gasteiger partial charge in [0, 0.05) is 12.0 Å². The van der Waals surface area contributed by atoms with Crippen LogP contribution in [-0.2, 0) is 6.42 Å². The van der Waals surface area contributed by atoms with Gasteiger partial charge in [0.15, 0.2) is 0 Å². The molecular weight excluding hydrogens is 241 g/mol. The molecule has 0 aromatic heterocycles. The van der Waals surface area contributed by atoms with E-state index in [0.717, 1.165) is 24.2 Å². The van der Waals surface area contributed by atoms with Crippen LogP contribution in [0.15, 0.2) is 18.2 Å². The van der Waals surface area contributed by atoms with Gasteiger partial charge in [-0.1, -0.05) is 6.07 Å². The Morgan fingerprint density at radius 3 is 2.58 bits per heavy atom. The van der Waals surface area contributed by atoms with E-state index in [1.165, 1.54) is 18.9 Å². The third kappa shape index (κ3) is 3.15. The predicted octanol–water partition coefficient (Wildman–Crippen LogP) is 2.91. The van der Waals surface area contributed by atoms with E-state index in [-0.39, 0.29) is 11.4 Å². The fourth-order valence-electron chi connectivity index (χ4n) is 2.82. The molecule has 2 nitrogen and oxygen atoms in total. The van der Waals surface area contributed by atoms with Crippen LogP contribution in [0.3, 0.4) is 0 Å². The molecule has 0 saturated carbocycles. The monoisotopic (exact) mass is 265 g/mol. The number of benzene rings is 1. The number of aliphatic hydroxyl groups excluding tert-OH is 1. The van der Waals surface area contributed by atoms with Crippen molar-refractivity contribution in [2.45, 2.75) is 51.7 Å². The Bertz CT molecular complexity index is 438. The Balaban J connectivity index is 2.11. The molecule has 1 aromatic rings. The Kier molecular flexibility index (Phi) is 4.26. The summed E-state index contributed by atoms with van der Waals surface area (Å²) in [6.45, 7) is 8.22. The van der Waals surface area contributed by atoms with Crippen LogP contribution in [0.1, 0.15) is 37.8 Å². The topological polar surface area (TPSA) is 23.5 Å². The van der Waals surface area contributed by atoms with Crippen molar-refractivity contribution in [1.82, 2.24) is 4.90 Å². The Morgan fingerprint density at radius 1 is 1.32 bits per heavy atom. The summed E-state index contributed by atoms with van der Waals surface area (Å²) in [5.41, 5.74) is 1.69. The zero-order valence-corrected chi connectivity index (χ0v) is 12.1. The SMILES string of the molecule is Cc1ccc(F)cc1CC(O)C(C)(C)N1CCCC1. The molecule has 1 aliphatic heterocycles. The van der Waals surface area contributed by atoms with E-state index in [4.69, 9.17) is 0 Å². The molecule has 1 saturated heterocycles. The Morgan fingerprint density at radius 2 is 1.95 bits per heavy atom. The molecule has 1 unspecified atom stereocenters. The van der Waals surface area contributed by atoms with Gasteiger partial charge in [0.1, 0.15) is 5.82 Å². The summed E-state index contributed by atoms with van der Waals surface area (Å²) in [5.74, 6) is -0.230. The average molecular weight is 265 g/mol. The predicted molar refractivity (Wildman–Crippen MR) is 75.7 cm³/mol. The second kappa shape index (κ2) is 5.59. The fraction of sp³-hybridized carbons (Fsp3) is 0.625. The minimum absolute atomic E-state index is 0.230. The van der Waals surface area contributed by atoms with Crippen molar-refractivity contribution in [2.75, 3.05) is 13.1 Å².